The molecule has 4 N–H and O–H groups in total. The Morgan fingerprint density at radius 1 is 1.50 bits per heavy atom. The summed E-state index contributed by atoms with van der Waals surface area (Å²) in [6.07, 6.45) is 3.73. The summed E-state index contributed by atoms with van der Waals surface area (Å²) in [7, 11) is 0.842. The van der Waals surface area contributed by atoms with Crippen LogP contribution in [0.5, 0.6) is 0 Å². The quantitative estimate of drug-likeness (QED) is 0.434. The average molecular weight is 200 g/mol. The summed E-state index contributed by atoms with van der Waals surface area (Å²) in [6, 6.07) is 0.601. The Labute approximate surface area is 86.2 Å². The highest BCUT2D eigenvalue weighted by Crippen LogP contribution is 2.19. The van der Waals surface area contributed by atoms with Crippen LogP contribution in [0.4, 0.5) is 0 Å². The van der Waals surface area contributed by atoms with Crippen LogP contribution in [0, 0.1) is 5.92 Å². The van der Waals surface area contributed by atoms with E-state index in [0.717, 1.165) is 25.9 Å². The molecule has 1 aliphatic heterocycles. The van der Waals surface area contributed by atoms with Gasteiger partial charge in [0.2, 0.25) is 0 Å². The third kappa shape index (κ3) is 4.42. The maximum absolute atomic E-state index is 8.69. The van der Waals surface area contributed by atoms with Gasteiger partial charge in [0, 0.05) is 12.6 Å². The molecule has 14 heavy (non-hydrogen) atoms. The number of hydrogen-bond acceptors (Lipinski definition) is 4. The summed E-state index contributed by atoms with van der Waals surface area (Å²) in [4.78, 5) is 0. The topological polar surface area (TPSA) is 64.5 Å². The molecule has 0 aromatic heterocycles. The van der Waals surface area contributed by atoms with E-state index in [0.29, 0.717) is 18.3 Å². The summed E-state index contributed by atoms with van der Waals surface area (Å²) in [5.41, 5.74) is 0. The van der Waals surface area contributed by atoms with Gasteiger partial charge in [-0.15, -0.1) is 0 Å². The van der Waals surface area contributed by atoms with Gasteiger partial charge in [-0.2, -0.15) is 0 Å². The van der Waals surface area contributed by atoms with Crippen LogP contribution < -0.4 is 10.6 Å². The van der Waals surface area contributed by atoms with Crippen LogP contribution in [-0.4, -0.2) is 43.3 Å². The minimum atomic E-state index is -1.13. The number of nitrogens with one attached hydrogen (secondary N) is 2. The van der Waals surface area contributed by atoms with Crippen LogP contribution in [-0.2, 0) is 0 Å². The molecule has 82 valence electrons. The predicted octanol–water partition coefficient (Wildman–Crippen LogP) is -0.563. The first-order chi connectivity index (χ1) is 6.72. The predicted molar refractivity (Wildman–Crippen MR) is 58.1 cm³/mol. The molecule has 0 spiro atoms. The van der Waals surface area contributed by atoms with Crippen LogP contribution in [0.2, 0.25) is 6.32 Å². The van der Waals surface area contributed by atoms with Gasteiger partial charge in [-0.05, 0) is 38.7 Å². The van der Waals surface area contributed by atoms with E-state index in [-0.39, 0.29) is 0 Å². The Morgan fingerprint density at radius 3 is 2.93 bits per heavy atom. The van der Waals surface area contributed by atoms with Gasteiger partial charge in [-0.1, -0.05) is 6.42 Å². The summed E-state index contributed by atoms with van der Waals surface area (Å²) < 4.78 is 0. The zero-order chi connectivity index (χ0) is 10.4. The Bertz CT molecular complexity index is 158. The lowest BCUT2D eigenvalue weighted by molar-refractivity contribution is 0.396. The largest absolute Gasteiger partial charge is 0.451 e. The highest BCUT2D eigenvalue weighted by molar-refractivity contribution is 6.40. The molecule has 0 unspecified atom stereocenters. The Morgan fingerprint density at radius 2 is 2.29 bits per heavy atom. The van der Waals surface area contributed by atoms with Gasteiger partial charge in [-0.3, -0.25) is 0 Å². The maximum Gasteiger partial charge on any atom is 0.451 e. The van der Waals surface area contributed by atoms with Crippen molar-refractivity contribution in [2.75, 3.05) is 20.1 Å². The smallest absolute Gasteiger partial charge is 0.427 e. The molecule has 0 bridgehead atoms. The number of rotatable bonds is 6. The van der Waals surface area contributed by atoms with Gasteiger partial charge in [0.1, 0.15) is 0 Å². The van der Waals surface area contributed by atoms with Crippen molar-refractivity contribution >= 4 is 7.12 Å². The molecule has 0 radical (unpaired) electrons. The monoisotopic (exact) mass is 200 g/mol. The van der Waals surface area contributed by atoms with E-state index in [1.165, 1.54) is 6.42 Å². The van der Waals surface area contributed by atoms with Gasteiger partial charge in [0.25, 0.3) is 0 Å². The van der Waals surface area contributed by atoms with Crippen LogP contribution in [0.3, 0.4) is 0 Å². The first kappa shape index (κ1) is 12.0. The van der Waals surface area contributed by atoms with E-state index < -0.39 is 7.12 Å². The molecule has 1 rings (SSSR count). The van der Waals surface area contributed by atoms with E-state index >= 15 is 0 Å². The van der Waals surface area contributed by atoms with Crippen molar-refractivity contribution in [2.24, 2.45) is 5.92 Å². The molecule has 1 aliphatic rings. The average Bonchev–Trinajstić information content (AvgIpc) is 2.53. The standard InChI is InChI=1S/C9H21BN2O2/c1-11-7-9-5-8(6-12-9)3-2-4-10(13)14/h8-9,11-14H,2-7H2,1H3/t8-,9+/m1/s1. The van der Waals surface area contributed by atoms with E-state index in [9.17, 15) is 0 Å². The van der Waals surface area contributed by atoms with Crippen molar-refractivity contribution in [3.8, 4) is 0 Å². The summed E-state index contributed by atoms with van der Waals surface area (Å²) >= 11 is 0. The van der Waals surface area contributed by atoms with Crippen molar-refractivity contribution in [1.82, 2.24) is 10.6 Å². The SMILES string of the molecule is CNC[C@@H]1C[C@@H](CCCB(O)O)CN1. The molecule has 4 nitrogen and oxygen atoms in total. The summed E-state index contributed by atoms with van der Waals surface area (Å²) in [6.45, 7) is 2.10. The van der Waals surface area contributed by atoms with Gasteiger partial charge in [0.15, 0.2) is 0 Å². The zero-order valence-corrected chi connectivity index (χ0v) is 8.87. The van der Waals surface area contributed by atoms with E-state index in [1.807, 2.05) is 7.05 Å². The highest BCUT2D eigenvalue weighted by atomic mass is 16.4. The minimum absolute atomic E-state index is 0.507. The molecule has 0 saturated carbocycles. The van der Waals surface area contributed by atoms with Crippen molar-refractivity contribution in [1.29, 1.82) is 0 Å². The van der Waals surface area contributed by atoms with E-state index in [4.69, 9.17) is 10.0 Å². The van der Waals surface area contributed by atoms with E-state index in [2.05, 4.69) is 10.6 Å². The lowest BCUT2D eigenvalue weighted by Gasteiger charge is -2.09. The van der Waals surface area contributed by atoms with Gasteiger partial charge < -0.3 is 20.7 Å². The van der Waals surface area contributed by atoms with Crippen molar-refractivity contribution in [3.63, 3.8) is 0 Å². The van der Waals surface area contributed by atoms with Crippen LogP contribution in [0.15, 0.2) is 0 Å². The first-order valence-corrected chi connectivity index (χ1v) is 5.46. The molecular formula is C9H21BN2O2. The van der Waals surface area contributed by atoms with E-state index in [1.54, 1.807) is 0 Å². The first-order valence-electron chi connectivity index (χ1n) is 5.46. The second-order valence-corrected chi connectivity index (χ2v) is 4.18. The van der Waals surface area contributed by atoms with Crippen molar-refractivity contribution in [3.05, 3.63) is 0 Å². The second kappa shape index (κ2) is 6.40. The highest BCUT2D eigenvalue weighted by Gasteiger charge is 2.23. The molecule has 0 aliphatic carbocycles. The summed E-state index contributed by atoms with van der Waals surface area (Å²) in [5.74, 6) is 0.715. The van der Waals surface area contributed by atoms with Crippen LogP contribution >= 0.6 is 0 Å². The Balaban J connectivity index is 2.04. The molecule has 2 atom stereocenters. The normalized spacial score (nSPS) is 26.8. The minimum Gasteiger partial charge on any atom is -0.427 e. The fourth-order valence-electron chi connectivity index (χ4n) is 2.11. The van der Waals surface area contributed by atoms with Gasteiger partial charge in [0.05, 0.1) is 0 Å². The lowest BCUT2D eigenvalue weighted by atomic mass is 9.82. The third-order valence-electron chi connectivity index (χ3n) is 2.84. The number of likely N-dealkylation sites (N-methyl/N-ethyl adjacent to an activating group) is 1. The molecule has 1 fully saturated rings. The fraction of sp³-hybridized carbons (Fsp3) is 1.00. The zero-order valence-electron chi connectivity index (χ0n) is 8.87. The Hall–Kier alpha value is -0.0951. The molecule has 5 heteroatoms. The molecule has 1 heterocycles. The van der Waals surface area contributed by atoms with Crippen LogP contribution in [0.1, 0.15) is 19.3 Å². The van der Waals surface area contributed by atoms with Gasteiger partial charge >= 0.3 is 7.12 Å². The maximum atomic E-state index is 8.69. The lowest BCUT2D eigenvalue weighted by Crippen LogP contribution is -2.31. The molecule has 0 aromatic carbocycles. The molecule has 0 aromatic rings. The third-order valence-corrected chi connectivity index (χ3v) is 2.84. The second-order valence-electron chi connectivity index (χ2n) is 4.18. The van der Waals surface area contributed by atoms with Crippen molar-refractivity contribution in [2.45, 2.75) is 31.6 Å². The molecular weight excluding hydrogens is 179 g/mol. The molecule has 0 amide bonds. The van der Waals surface area contributed by atoms with Crippen LogP contribution in [0.25, 0.3) is 0 Å². The Kier molecular flexibility index (Phi) is 5.48. The number of hydrogen-bond donors (Lipinski definition) is 4. The fourth-order valence-corrected chi connectivity index (χ4v) is 2.11. The van der Waals surface area contributed by atoms with Gasteiger partial charge in [-0.25, -0.2) is 0 Å². The molecule has 1 saturated heterocycles. The van der Waals surface area contributed by atoms with Crippen molar-refractivity contribution < 1.29 is 10.0 Å². The summed E-state index contributed by atoms with van der Waals surface area (Å²) in [5, 5.41) is 24.0.